The molecule has 5 heterocycles. The predicted molar refractivity (Wildman–Crippen MR) is 225 cm³/mol. The summed E-state index contributed by atoms with van der Waals surface area (Å²) in [7, 11) is 0. The summed E-state index contributed by atoms with van der Waals surface area (Å²) in [5.41, 5.74) is 3.66. The number of piperidine rings is 3. The summed E-state index contributed by atoms with van der Waals surface area (Å²) in [5, 5.41) is 8.37. The van der Waals surface area contributed by atoms with Crippen LogP contribution in [0.3, 0.4) is 0 Å². The fourth-order valence-electron chi connectivity index (χ4n) is 8.73. The number of pyridine rings is 1. The number of hydrogen-bond acceptors (Lipinski definition) is 9. The number of fused-ring (bicyclic) bond motifs is 1. The Labute approximate surface area is 350 Å². The Morgan fingerprint density at radius 3 is 2.30 bits per heavy atom. The zero-order valence-corrected chi connectivity index (χ0v) is 33.9. The fourth-order valence-corrected chi connectivity index (χ4v) is 8.73. The van der Waals surface area contributed by atoms with Gasteiger partial charge in [0.2, 0.25) is 23.6 Å². The minimum atomic E-state index is -1.03. The average molecular weight is 816 g/mol. The Balaban J connectivity index is 0.775. The predicted octanol–water partition coefficient (Wildman–Crippen LogP) is 4.93. The smallest absolute Gasteiger partial charge is 0.264 e. The lowest BCUT2D eigenvalue weighted by Gasteiger charge is -2.33. The molecule has 3 aromatic rings. The van der Waals surface area contributed by atoms with E-state index >= 15 is 0 Å². The molecule has 60 heavy (non-hydrogen) atoms. The molecule has 7 rings (SSSR count). The van der Waals surface area contributed by atoms with E-state index in [4.69, 9.17) is 0 Å². The summed E-state index contributed by atoms with van der Waals surface area (Å²) in [6, 6.07) is 15.6. The van der Waals surface area contributed by atoms with Crippen molar-refractivity contribution in [2.45, 2.75) is 82.6 Å². The van der Waals surface area contributed by atoms with Crippen molar-refractivity contribution in [3.8, 4) is 0 Å². The van der Waals surface area contributed by atoms with E-state index in [1.165, 1.54) is 11.6 Å². The van der Waals surface area contributed by atoms with Crippen LogP contribution in [0.2, 0.25) is 0 Å². The molecular formula is C46H53N7O7. The zero-order valence-electron chi connectivity index (χ0n) is 33.9. The van der Waals surface area contributed by atoms with Gasteiger partial charge in [0, 0.05) is 81.8 Å². The molecule has 14 heteroatoms. The maximum absolute atomic E-state index is 13.4. The monoisotopic (exact) mass is 815 g/mol. The van der Waals surface area contributed by atoms with Crippen LogP contribution in [0.4, 0.5) is 5.69 Å². The summed E-state index contributed by atoms with van der Waals surface area (Å²) < 4.78 is 0. The van der Waals surface area contributed by atoms with E-state index in [1.54, 1.807) is 36.7 Å². The quantitative estimate of drug-likeness (QED) is 0.109. The third-order valence-corrected chi connectivity index (χ3v) is 12.2. The number of likely N-dealkylation sites (tertiary alicyclic amines) is 2. The Bertz CT molecular complexity index is 2110. The van der Waals surface area contributed by atoms with Crippen molar-refractivity contribution in [3.63, 3.8) is 0 Å². The summed E-state index contributed by atoms with van der Waals surface area (Å²) >= 11 is 0. The highest BCUT2D eigenvalue weighted by atomic mass is 16.2. The zero-order chi connectivity index (χ0) is 42.0. The molecule has 314 valence electrons. The minimum absolute atomic E-state index is 0.0541. The number of hydrogen-bond donors (Lipinski definition) is 3. The Morgan fingerprint density at radius 1 is 0.800 bits per heavy atom. The van der Waals surface area contributed by atoms with E-state index in [0.717, 1.165) is 68.5 Å². The molecule has 0 saturated carbocycles. The number of nitrogens with zero attached hydrogens (tertiary/aromatic N) is 4. The molecule has 3 fully saturated rings. The normalized spacial score (nSPS) is 18.8. The van der Waals surface area contributed by atoms with Crippen molar-refractivity contribution in [3.05, 3.63) is 101 Å². The lowest BCUT2D eigenvalue weighted by Crippen LogP contribution is -2.54. The number of amides is 7. The highest BCUT2D eigenvalue weighted by molar-refractivity contribution is 6.25. The minimum Gasteiger partial charge on any atom is -0.384 e. The first-order valence-corrected chi connectivity index (χ1v) is 21.3. The Kier molecular flexibility index (Phi) is 13.8. The number of unbranched alkanes of at least 4 members (excludes halogenated alkanes) is 1. The second kappa shape index (κ2) is 19.7. The molecule has 0 bridgehead atoms. The highest BCUT2D eigenvalue weighted by Gasteiger charge is 2.45. The van der Waals surface area contributed by atoms with Crippen LogP contribution in [0.25, 0.3) is 6.08 Å². The van der Waals surface area contributed by atoms with Crippen LogP contribution < -0.4 is 16.0 Å². The molecule has 1 aromatic heterocycles. The average Bonchev–Trinajstić information content (AvgIpc) is 3.53. The topological polar surface area (TPSA) is 178 Å². The number of nitrogens with one attached hydrogen (secondary N) is 3. The summed E-state index contributed by atoms with van der Waals surface area (Å²) in [6.45, 7) is 3.88. The molecule has 4 aliphatic heterocycles. The maximum Gasteiger partial charge on any atom is 0.264 e. The van der Waals surface area contributed by atoms with Gasteiger partial charge in [-0.1, -0.05) is 37.1 Å². The van der Waals surface area contributed by atoms with Gasteiger partial charge in [0.05, 0.1) is 11.1 Å². The van der Waals surface area contributed by atoms with E-state index in [2.05, 4.69) is 33.1 Å². The molecule has 0 aliphatic carbocycles. The van der Waals surface area contributed by atoms with Crippen LogP contribution in [0, 0.1) is 5.92 Å². The van der Waals surface area contributed by atoms with E-state index < -0.39 is 29.7 Å². The summed E-state index contributed by atoms with van der Waals surface area (Å²) in [4.78, 5) is 97.9. The molecule has 4 aliphatic rings. The van der Waals surface area contributed by atoms with Gasteiger partial charge < -0.3 is 20.4 Å². The Hall–Kier alpha value is -6.18. The standard InChI is InChI=1S/C46H53N7O7/c54-39(17-11-32-7-4-23-47-30-32)49-24-2-1-6-31-19-26-52(27-20-31)44(58)35-14-12-33(13-15-35)34-21-28-51(29-22-34)41(56)10-5-25-48-37-9-3-8-36-42(37)46(60)53(45(36)59)38-16-18-40(55)50-43(38)57/h3-4,7-9,11-15,17,23,30-31,34,38,48H,1-2,5-6,10,16,18-22,24-29H2,(H,49,54)(H,50,55,57)/b17-11+. The third-order valence-electron chi connectivity index (χ3n) is 12.2. The van der Waals surface area contributed by atoms with E-state index in [1.807, 2.05) is 34.1 Å². The van der Waals surface area contributed by atoms with E-state index in [-0.39, 0.29) is 41.7 Å². The molecule has 3 saturated heterocycles. The van der Waals surface area contributed by atoms with E-state index in [9.17, 15) is 33.6 Å². The maximum atomic E-state index is 13.4. The molecule has 14 nitrogen and oxygen atoms in total. The van der Waals surface area contributed by atoms with Gasteiger partial charge in [-0.3, -0.25) is 48.8 Å². The van der Waals surface area contributed by atoms with E-state index in [0.29, 0.717) is 62.1 Å². The second-order valence-electron chi connectivity index (χ2n) is 16.1. The van der Waals surface area contributed by atoms with Crippen LogP contribution in [0.5, 0.6) is 0 Å². The molecule has 1 atom stereocenters. The van der Waals surface area contributed by atoms with Gasteiger partial charge in [-0.2, -0.15) is 0 Å². The SMILES string of the molecule is O=C(/C=C/c1cccnc1)NCCCCC1CCN(C(=O)c2ccc(C3CCN(C(=O)CCCNc4cccc5c4C(=O)N(C4CCC(=O)NC4=O)C5=O)CC3)cc2)CC1. The molecule has 0 spiro atoms. The van der Waals surface area contributed by atoms with Gasteiger partial charge in [0.1, 0.15) is 6.04 Å². The van der Waals surface area contributed by atoms with Crippen molar-refractivity contribution in [2.75, 3.05) is 44.6 Å². The fraction of sp³-hybridized carbons (Fsp3) is 0.435. The summed E-state index contributed by atoms with van der Waals surface area (Å²) in [6.07, 6.45) is 14.4. The van der Waals surface area contributed by atoms with Crippen molar-refractivity contribution in [2.24, 2.45) is 5.92 Å². The number of anilines is 1. The first-order chi connectivity index (χ1) is 29.2. The van der Waals surface area contributed by atoms with Gasteiger partial charge in [-0.15, -0.1) is 0 Å². The second-order valence-corrected chi connectivity index (χ2v) is 16.1. The van der Waals surface area contributed by atoms with Crippen molar-refractivity contribution in [1.82, 2.24) is 30.3 Å². The van der Waals surface area contributed by atoms with Gasteiger partial charge in [-0.05, 0) is 104 Å². The van der Waals surface area contributed by atoms with Gasteiger partial charge >= 0.3 is 0 Å². The van der Waals surface area contributed by atoms with Crippen LogP contribution in [0.15, 0.2) is 73.1 Å². The van der Waals surface area contributed by atoms with Gasteiger partial charge in [-0.25, -0.2) is 0 Å². The Morgan fingerprint density at radius 2 is 1.57 bits per heavy atom. The first kappa shape index (κ1) is 42.0. The van der Waals surface area contributed by atoms with Crippen molar-refractivity contribution >= 4 is 53.1 Å². The lowest BCUT2D eigenvalue weighted by molar-refractivity contribution is -0.136. The first-order valence-electron chi connectivity index (χ1n) is 21.3. The van der Waals surface area contributed by atoms with Gasteiger partial charge in [0.15, 0.2) is 0 Å². The number of rotatable bonds is 15. The molecule has 0 radical (unpaired) electrons. The lowest BCUT2D eigenvalue weighted by atomic mass is 9.88. The third kappa shape index (κ3) is 10.2. The molecule has 1 unspecified atom stereocenters. The van der Waals surface area contributed by atoms with Crippen LogP contribution in [-0.2, 0) is 19.2 Å². The molecule has 2 aromatic carbocycles. The molecule has 7 amide bonds. The summed E-state index contributed by atoms with van der Waals surface area (Å²) in [5.74, 6) is -1.26. The largest absolute Gasteiger partial charge is 0.384 e. The number of carbonyl (C=O) groups excluding carboxylic acids is 7. The number of aromatic nitrogens is 1. The highest BCUT2D eigenvalue weighted by Crippen LogP contribution is 2.33. The number of benzene rings is 2. The van der Waals surface area contributed by atoms with Crippen molar-refractivity contribution in [1.29, 1.82) is 0 Å². The number of carbonyl (C=O) groups is 7. The van der Waals surface area contributed by atoms with Crippen LogP contribution >= 0.6 is 0 Å². The van der Waals surface area contributed by atoms with Crippen molar-refractivity contribution < 1.29 is 33.6 Å². The van der Waals surface area contributed by atoms with Crippen LogP contribution in [0.1, 0.15) is 119 Å². The van der Waals surface area contributed by atoms with Crippen LogP contribution in [-0.4, -0.2) is 106 Å². The molecule has 3 N–H and O–H groups in total. The number of imide groups is 2. The molecular weight excluding hydrogens is 763 g/mol. The van der Waals surface area contributed by atoms with Gasteiger partial charge in [0.25, 0.3) is 17.7 Å².